The smallest absolute Gasteiger partial charge is 0.255 e. The Hall–Kier alpha value is -3.32. The fourth-order valence-corrected chi connectivity index (χ4v) is 3.77. The summed E-state index contributed by atoms with van der Waals surface area (Å²) < 4.78 is 30.2. The van der Waals surface area contributed by atoms with Gasteiger partial charge >= 0.3 is 0 Å². The van der Waals surface area contributed by atoms with Gasteiger partial charge in [0.2, 0.25) is 0 Å². The molecular formula is C22H22N2O4S. The first kappa shape index (κ1) is 20.4. The molecule has 0 aromatic heterocycles. The summed E-state index contributed by atoms with van der Waals surface area (Å²) in [6.07, 6.45) is 0. The summed E-state index contributed by atoms with van der Waals surface area (Å²) in [5, 5.41) is 5.71. The highest BCUT2D eigenvalue weighted by atomic mass is 32.2. The van der Waals surface area contributed by atoms with Crippen LogP contribution >= 0.6 is 0 Å². The maximum Gasteiger partial charge on any atom is 0.255 e. The molecule has 0 unspecified atom stereocenters. The molecule has 2 N–H and O–H groups in total. The van der Waals surface area contributed by atoms with Gasteiger partial charge < -0.3 is 15.4 Å². The van der Waals surface area contributed by atoms with Crippen LogP contribution in [0.5, 0.6) is 5.75 Å². The second-order valence-corrected chi connectivity index (χ2v) is 8.20. The fraction of sp³-hybridized carbons (Fsp3) is 0.136. The summed E-state index contributed by atoms with van der Waals surface area (Å²) in [6, 6.07) is 22.1. The lowest BCUT2D eigenvalue weighted by atomic mass is 10.2. The van der Waals surface area contributed by atoms with Gasteiger partial charge in [0.25, 0.3) is 5.91 Å². The number of carbonyl (C=O) groups is 1. The van der Waals surface area contributed by atoms with Crippen molar-refractivity contribution < 1.29 is 17.9 Å². The van der Waals surface area contributed by atoms with Gasteiger partial charge in [0.1, 0.15) is 11.6 Å². The molecular weight excluding hydrogens is 388 g/mol. The van der Waals surface area contributed by atoms with Crippen LogP contribution < -0.4 is 15.4 Å². The highest BCUT2D eigenvalue weighted by Gasteiger charge is 2.14. The summed E-state index contributed by atoms with van der Waals surface area (Å²) >= 11 is 0. The lowest BCUT2D eigenvalue weighted by molar-refractivity contribution is 0.102. The van der Waals surface area contributed by atoms with E-state index in [4.69, 9.17) is 4.74 Å². The SMILES string of the molecule is CCOc1ccccc1NC(=O)c1ccc(NCS(=O)(=O)c2ccccc2)cc1. The minimum absolute atomic E-state index is 0.232. The molecule has 0 aliphatic rings. The van der Waals surface area contributed by atoms with Crippen molar-refractivity contribution >= 4 is 27.1 Å². The lowest BCUT2D eigenvalue weighted by Gasteiger charge is -2.12. The summed E-state index contributed by atoms with van der Waals surface area (Å²) in [5.74, 6) is 0.0953. The second-order valence-electron chi connectivity index (χ2n) is 6.21. The van der Waals surface area contributed by atoms with E-state index in [2.05, 4.69) is 10.6 Å². The number of hydrogen-bond donors (Lipinski definition) is 2. The number of amides is 1. The molecule has 0 radical (unpaired) electrons. The van der Waals surface area contributed by atoms with E-state index in [1.807, 2.05) is 19.1 Å². The zero-order valence-electron chi connectivity index (χ0n) is 16.0. The second kappa shape index (κ2) is 9.25. The van der Waals surface area contributed by atoms with Gasteiger partial charge in [-0.15, -0.1) is 0 Å². The van der Waals surface area contributed by atoms with Gasteiger partial charge in [-0.25, -0.2) is 8.42 Å². The molecule has 7 heteroatoms. The van der Waals surface area contributed by atoms with Crippen LogP contribution in [0, 0.1) is 0 Å². The van der Waals surface area contributed by atoms with Crippen molar-refractivity contribution in [2.75, 3.05) is 23.1 Å². The summed E-state index contributed by atoms with van der Waals surface area (Å²) in [5.41, 5.74) is 1.65. The maximum atomic E-state index is 12.5. The Morgan fingerprint density at radius 3 is 2.24 bits per heavy atom. The van der Waals surface area contributed by atoms with E-state index in [1.165, 1.54) is 0 Å². The number of sulfone groups is 1. The van der Waals surface area contributed by atoms with E-state index in [1.54, 1.807) is 66.7 Å². The first-order chi connectivity index (χ1) is 14.0. The topological polar surface area (TPSA) is 84.5 Å². The largest absolute Gasteiger partial charge is 0.492 e. The van der Waals surface area contributed by atoms with Crippen LogP contribution in [0.25, 0.3) is 0 Å². The molecule has 150 valence electrons. The molecule has 0 aliphatic carbocycles. The average molecular weight is 410 g/mol. The average Bonchev–Trinajstić information content (AvgIpc) is 2.75. The van der Waals surface area contributed by atoms with Crippen molar-refractivity contribution in [3.63, 3.8) is 0 Å². The molecule has 3 rings (SSSR count). The Labute approximate surface area is 170 Å². The third kappa shape index (κ3) is 5.36. The van der Waals surface area contributed by atoms with E-state index in [9.17, 15) is 13.2 Å². The molecule has 0 fully saturated rings. The van der Waals surface area contributed by atoms with Crippen LogP contribution in [-0.2, 0) is 9.84 Å². The molecule has 0 atom stereocenters. The van der Waals surface area contributed by atoms with Crippen LogP contribution in [-0.4, -0.2) is 26.8 Å². The quantitative estimate of drug-likeness (QED) is 0.582. The predicted molar refractivity (Wildman–Crippen MR) is 114 cm³/mol. The highest BCUT2D eigenvalue weighted by molar-refractivity contribution is 7.91. The molecule has 0 spiro atoms. The van der Waals surface area contributed by atoms with Gasteiger partial charge in [0.05, 0.1) is 17.2 Å². The van der Waals surface area contributed by atoms with Gasteiger partial charge in [-0.1, -0.05) is 30.3 Å². The standard InChI is InChI=1S/C22H22N2O4S/c1-2-28-21-11-7-6-10-20(21)24-22(25)17-12-14-18(15-13-17)23-16-29(26,27)19-8-4-3-5-9-19/h3-15,23H,2,16H2,1H3,(H,24,25). The molecule has 0 bridgehead atoms. The molecule has 29 heavy (non-hydrogen) atoms. The number of nitrogens with one attached hydrogen (secondary N) is 2. The molecule has 3 aromatic rings. The van der Waals surface area contributed by atoms with Crippen molar-refractivity contribution in [2.45, 2.75) is 11.8 Å². The zero-order valence-corrected chi connectivity index (χ0v) is 16.8. The summed E-state index contributed by atoms with van der Waals surface area (Å²) in [4.78, 5) is 12.8. The third-order valence-electron chi connectivity index (χ3n) is 4.15. The summed E-state index contributed by atoms with van der Waals surface area (Å²) in [7, 11) is -3.44. The van der Waals surface area contributed by atoms with E-state index >= 15 is 0 Å². The number of benzene rings is 3. The van der Waals surface area contributed by atoms with Crippen molar-refractivity contribution in [2.24, 2.45) is 0 Å². The van der Waals surface area contributed by atoms with Crippen molar-refractivity contribution in [3.8, 4) is 5.75 Å². The molecule has 3 aromatic carbocycles. The van der Waals surface area contributed by atoms with Crippen molar-refractivity contribution in [3.05, 3.63) is 84.4 Å². The Kier molecular flexibility index (Phi) is 6.51. The Bertz CT molecular complexity index is 1070. The Morgan fingerprint density at radius 1 is 0.897 bits per heavy atom. The first-order valence-corrected chi connectivity index (χ1v) is 10.8. The minimum Gasteiger partial charge on any atom is -0.492 e. The minimum atomic E-state index is -3.44. The van der Waals surface area contributed by atoms with E-state index in [0.717, 1.165) is 0 Å². The van der Waals surface area contributed by atoms with Crippen LogP contribution in [0.2, 0.25) is 0 Å². The maximum absolute atomic E-state index is 12.5. The molecule has 0 heterocycles. The van der Waals surface area contributed by atoms with Gasteiger partial charge in [-0.2, -0.15) is 0 Å². The van der Waals surface area contributed by atoms with Gasteiger partial charge in [-0.05, 0) is 55.5 Å². The molecule has 1 amide bonds. The number of anilines is 2. The number of hydrogen-bond acceptors (Lipinski definition) is 5. The molecule has 0 saturated carbocycles. The number of carbonyl (C=O) groups excluding carboxylic acids is 1. The highest BCUT2D eigenvalue weighted by Crippen LogP contribution is 2.24. The van der Waals surface area contributed by atoms with E-state index in [0.29, 0.717) is 29.3 Å². The number of para-hydroxylation sites is 2. The molecule has 0 saturated heterocycles. The zero-order chi connectivity index (χ0) is 20.7. The van der Waals surface area contributed by atoms with Crippen molar-refractivity contribution in [1.29, 1.82) is 0 Å². The molecule has 6 nitrogen and oxygen atoms in total. The summed E-state index contributed by atoms with van der Waals surface area (Å²) in [6.45, 7) is 2.38. The van der Waals surface area contributed by atoms with Crippen LogP contribution in [0.3, 0.4) is 0 Å². The molecule has 0 aliphatic heterocycles. The number of rotatable bonds is 8. The first-order valence-electron chi connectivity index (χ1n) is 9.14. The fourth-order valence-electron chi connectivity index (χ4n) is 2.67. The van der Waals surface area contributed by atoms with Crippen LogP contribution in [0.1, 0.15) is 17.3 Å². The van der Waals surface area contributed by atoms with Gasteiger partial charge in [-0.3, -0.25) is 4.79 Å². The van der Waals surface area contributed by atoms with Crippen LogP contribution in [0.15, 0.2) is 83.8 Å². The third-order valence-corrected chi connectivity index (χ3v) is 5.67. The van der Waals surface area contributed by atoms with Crippen molar-refractivity contribution in [1.82, 2.24) is 0 Å². The lowest BCUT2D eigenvalue weighted by Crippen LogP contribution is -2.15. The van der Waals surface area contributed by atoms with Crippen LogP contribution in [0.4, 0.5) is 11.4 Å². The van der Waals surface area contributed by atoms with Gasteiger partial charge in [0.15, 0.2) is 9.84 Å². The Morgan fingerprint density at radius 2 is 1.55 bits per heavy atom. The van der Waals surface area contributed by atoms with Gasteiger partial charge in [0, 0.05) is 11.3 Å². The Balaban J connectivity index is 1.64. The van der Waals surface area contributed by atoms with E-state index < -0.39 is 9.84 Å². The van der Waals surface area contributed by atoms with E-state index in [-0.39, 0.29) is 16.7 Å². The normalized spacial score (nSPS) is 10.9. The predicted octanol–water partition coefficient (Wildman–Crippen LogP) is 4.18. The monoisotopic (exact) mass is 410 g/mol. The number of ether oxygens (including phenoxy) is 1.